The third-order valence-electron chi connectivity index (χ3n) is 2.02. The fourth-order valence-electron chi connectivity index (χ4n) is 1.30. The van der Waals surface area contributed by atoms with Crippen LogP contribution in [0.2, 0.25) is 0 Å². The van der Waals surface area contributed by atoms with Gasteiger partial charge in [-0.2, -0.15) is 0 Å². The average molecular weight is 415 g/mol. The number of hydrogen-bond donors (Lipinski definition) is 1. The summed E-state index contributed by atoms with van der Waals surface area (Å²) in [5, 5.41) is 3.16. The molecule has 0 aromatic heterocycles. The molecule has 0 atom stereocenters. The van der Waals surface area contributed by atoms with Gasteiger partial charge in [0.05, 0.1) is 15.5 Å². The first-order valence-electron chi connectivity index (χ1n) is 4.61. The molecule has 0 saturated heterocycles. The third-order valence-corrected chi connectivity index (χ3v) is 3.26. The van der Waals surface area contributed by atoms with Gasteiger partial charge in [0.15, 0.2) is 0 Å². The van der Waals surface area contributed by atoms with Crippen LogP contribution in [0.25, 0.3) is 0 Å². The molecule has 0 radical (unpaired) electrons. The fraction of sp³-hybridized carbons (Fsp3) is 0.300. The summed E-state index contributed by atoms with van der Waals surface area (Å²) in [5.74, 6) is 1.73. The monoisotopic (exact) mass is 412 g/mol. The van der Waals surface area contributed by atoms with Crippen molar-refractivity contribution in [1.29, 1.82) is 0 Å². The van der Waals surface area contributed by atoms with Crippen molar-refractivity contribution in [1.82, 2.24) is 5.32 Å². The van der Waals surface area contributed by atoms with Crippen LogP contribution in [0.3, 0.4) is 0 Å². The molecule has 0 bridgehead atoms. The topological polar surface area (TPSA) is 33.6 Å². The highest BCUT2D eigenvalue weighted by atomic mass is 79.9. The van der Waals surface area contributed by atoms with Crippen LogP contribution in [0.1, 0.15) is 0 Å². The van der Waals surface area contributed by atoms with Gasteiger partial charge in [-0.05, 0) is 44.0 Å². The Balaban J connectivity index is 0.00000128. The van der Waals surface area contributed by atoms with Gasteiger partial charge in [0.2, 0.25) is 0 Å². The number of ether oxygens (including phenoxy) is 1. The number of rotatable bonds is 3. The Morgan fingerprint density at radius 3 is 2.56 bits per heavy atom. The fourth-order valence-corrected chi connectivity index (χ4v) is 2.53. The van der Waals surface area contributed by atoms with Crippen molar-refractivity contribution in [3.8, 4) is 5.75 Å². The number of nitrogens with zero attached hydrogens (tertiary/aromatic N) is 1. The summed E-state index contributed by atoms with van der Waals surface area (Å²) in [6, 6.07) is 5.85. The van der Waals surface area contributed by atoms with Gasteiger partial charge >= 0.3 is 0 Å². The van der Waals surface area contributed by atoms with Gasteiger partial charge in [0.1, 0.15) is 18.2 Å². The molecule has 1 aromatic rings. The van der Waals surface area contributed by atoms with Crippen LogP contribution in [0.15, 0.2) is 32.1 Å². The average Bonchev–Trinajstić information content (AvgIpc) is 2.70. The normalized spacial score (nSPS) is 13.8. The lowest BCUT2D eigenvalue weighted by Crippen LogP contribution is -2.25. The van der Waals surface area contributed by atoms with Crippen molar-refractivity contribution in [3.63, 3.8) is 0 Å². The first kappa shape index (κ1) is 14.0. The van der Waals surface area contributed by atoms with E-state index in [-0.39, 0.29) is 17.0 Å². The maximum absolute atomic E-state index is 5.66. The van der Waals surface area contributed by atoms with Gasteiger partial charge in [0, 0.05) is 6.54 Å². The molecule has 2 rings (SSSR count). The van der Waals surface area contributed by atoms with E-state index in [4.69, 9.17) is 4.74 Å². The van der Waals surface area contributed by atoms with Gasteiger partial charge in [-0.15, -0.1) is 17.0 Å². The quantitative estimate of drug-likeness (QED) is 0.824. The van der Waals surface area contributed by atoms with E-state index >= 15 is 0 Å². The molecule has 1 aliphatic heterocycles. The standard InChI is InChI=1S/C10H10Br2N2O.BrH/c11-7-2-1-3-8(12)10(7)15-6-9-13-4-5-14-9;/h1-3H,4-6H2,(H,13,14);1H. The van der Waals surface area contributed by atoms with Crippen molar-refractivity contribution in [2.24, 2.45) is 4.99 Å². The molecule has 1 heterocycles. The molecular weight excluding hydrogens is 404 g/mol. The largest absolute Gasteiger partial charge is 0.483 e. The second-order valence-corrected chi connectivity index (χ2v) is 4.80. The first-order chi connectivity index (χ1) is 7.27. The molecule has 88 valence electrons. The Morgan fingerprint density at radius 2 is 2.00 bits per heavy atom. The smallest absolute Gasteiger partial charge is 0.148 e. The molecule has 16 heavy (non-hydrogen) atoms. The third kappa shape index (κ3) is 3.46. The lowest BCUT2D eigenvalue weighted by molar-refractivity contribution is 0.369. The second-order valence-electron chi connectivity index (χ2n) is 3.09. The van der Waals surface area contributed by atoms with Crippen LogP contribution < -0.4 is 10.1 Å². The number of halogens is 3. The molecule has 0 saturated carbocycles. The Labute approximate surface area is 122 Å². The highest BCUT2D eigenvalue weighted by molar-refractivity contribution is 9.11. The molecule has 0 amide bonds. The molecule has 0 aliphatic carbocycles. The Morgan fingerprint density at radius 1 is 1.31 bits per heavy atom. The van der Waals surface area contributed by atoms with Crippen molar-refractivity contribution < 1.29 is 4.74 Å². The number of benzene rings is 1. The molecule has 1 aromatic carbocycles. The van der Waals surface area contributed by atoms with Crippen LogP contribution in [0.5, 0.6) is 5.75 Å². The summed E-state index contributed by atoms with van der Waals surface area (Å²) in [6.45, 7) is 2.24. The van der Waals surface area contributed by atoms with E-state index in [1.54, 1.807) is 0 Å². The number of aliphatic imine (C=N–C) groups is 1. The molecule has 0 fully saturated rings. The SMILES string of the molecule is Br.Brc1cccc(Br)c1OCC1=NCCN1. The Bertz CT molecular complexity index is 375. The molecule has 0 unspecified atom stereocenters. The number of amidine groups is 1. The van der Waals surface area contributed by atoms with E-state index in [1.807, 2.05) is 18.2 Å². The van der Waals surface area contributed by atoms with Crippen LogP contribution in [0, 0.1) is 0 Å². The van der Waals surface area contributed by atoms with E-state index in [2.05, 4.69) is 42.2 Å². The summed E-state index contributed by atoms with van der Waals surface area (Å²) >= 11 is 6.88. The lowest BCUT2D eigenvalue weighted by Gasteiger charge is -2.09. The molecule has 0 spiro atoms. The zero-order valence-corrected chi connectivity index (χ0v) is 13.3. The summed E-state index contributed by atoms with van der Waals surface area (Å²) in [7, 11) is 0. The maximum Gasteiger partial charge on any atom is 0.148 e. The van der Waals surface area contributed by atoms with E-state index in [1.165, 1.54) is 0 Å². The van der Waals surface area contributed by atoms with Crippen LogP contribution in [0.4, 0.5) is 0 Å². The summed E-state index contributed by atoms with van der Waals surface area (Å²) in [5.41, 5.74) is 0. The van der Waals surface area contributed by atoms with Crippen LogP contribution >= 0.6 is 48.8 Å². The van der Waals surface area contributed by atoms with Crippen molar-refractivity contribution >= 4 is 54.7 Å². The lowest BCUT2D eigenvalue weighted by atomic mass is 10.3. The van der Waals surface area contributed by atoms with Gasteiger partial charge in [-0.3, -0.25) is 4.99 Å². The van der Waals surface area contributed by atoms with Crippen molar-refractivity contribution in [2.75, 3.05) is 19.7 Å². The van der Waals surface area contributed by atoms with Gasteiger partial charge in [-0.1, -0.05) is 6.07 Å². The van der Waals surface area contributed by atoms with Crippen molar-refractivity contribution in [3.05, 3.63) is 27.1 Å². The molecule has 1 N–H and O–H groups in total. The Hall–Kier alpha value is -0.0700. The molecule has 1 aliphatic rings. The minimum absolute atomic E-state index is 0. The summed E-state index contributed by atoms with van der Waals surface area (Å²) < 4.78 is 7.54. The van der Waals surface area contributed by atoms with Gasteiger partial charge in [-0.25, -0.2) is 0 Å². The molecule has 3 nitrogen and oxygen atoms in total. The molecular formula is C10H11Br3N2O. The molecule has 6 heteroatoms. The summed E-state index contributed by atoms with van der Waals surface area (Å²) in [6.07, 6.45) is 0. The van der Waals surface area contributed by atoms with E-state index in [0.29, 0.717) is 6.61 Å². The van der Waals surface area contributed by atoms with E-state index < -0.39 is 0 Å². The predicted octanol–water partition coefficient (Wildman–Crippen LogP) is 3.17. The number of hydrogen-bond acceptors (Lipinski definition) is 3. The maximum atomic E-state index is 5.66. The minimum Gasteiger partial charge on any atom is -0.483 e. The van der Waals surface area contributed by atoms with Crippen LogP contribution in [-0.2, 0) is 0 Å². The number of para-hydroxylation sites is 1. The van der Waals surface area contributed by atoms with Gasteiger partial charge < -0.3 is 10.1 Å². The zero-order chi connectivity index (χ0) is 10.7. The first-order valence-corrected chi connectivity index (χ1v) is 6.20. The highest BCUT2D eigenvalue weighted by Gasteiger charge is 2.09. The van der Waals surface area contributed by atoms with E-state index in [0.717, 1.165) is 33.6 Å². The van der Waals surface area contributed by atoms with Gasteiger partial charge in [0.25, 0.3) is 0 Å². The summed E-state index contributed by atoms with van der Waals surface area (Å²) in [4.78, 5) is 4.26. The van der Waals surface area contributed by atoms with Crippen molar-refractivity contribution in [2.45, 2.75) is 0 Å². The van der Waals surface area contributed by atoms with Crippen LogP contribution in [-0.4, -0.2) is 25.5 Å². The second kappa shape index (κ2) is 6.61. The van der Waals surface area contributed by atoms with E-state index in [9.17, 15) is 0 Å². The minimum atomic E-state index is 0. The highest BCUT2D eigenvalue weighted by Crippen LogP contribution is 2.32. The predicted molar refractivity (Wildman–Crippen MR) is 78.0 cm³/mol. The number of nitrogens with one attached hydrogen (secondary N) is 1. The Kier molecular flexibility index (Phi) is 5.78. The zero-order valence-electron chi connectivity index (χ0n) is 8.37.